The Balaban J connectivity index is 0.000000297. The summed E-state index contributed by atoms with van der Waals surface area (Å²) < 4.78 is 13.8. The van der Waals surface area contributed by atoms with E-state index in [1.54, 1.807) is 22.8 Å². The number of nitrogens with zero attached hydrogens (tertiary/aromatic N) is 3. The number of carbonyl (C=O) groups is 5. The van der Waals surface area contributed by atoms with Crippen molar-refractivity contribution in [2.75, 3.05) is 42.3 Å². The van der Waals surface area contributed by atoms with Crippen molar-refractivity contribution in [2.24, 2.45) is 5.92 Å². The van der Waals surface area contributed by atoms with E-state index in [1.165, 1.54) is 178 Å². The maximum absolute atomic E-state index is 13.4. The zero-order valence-corrected chi connectivity index (χ0v) is 71.3. The van der Waals surface area contributed by atoms with Crippen molar-refractivity contribution >= 4 is 97.8 Å². The molecule has 2 unspecified atom stereocenters. The van der Waals surface area contributed by atoms with Gasteiger partial charge >= 0.3 is 0 Å². The fourth-order valence-electron chi connectivity index (χ4n) is 14.1. The molecular formula is C89H138Cl3N9O9. The van der Waals surface area contributed by atoms with Crippen LogP contribution in [-0.4, -0.2) is 92.0 Å². The number of phenols is 2. The van der Waals surface area contributed by atoms with Crippen LogP contribution in [0.5, 0.6) is 17.2 Å². The number of hydrogen-bond donors (Lipinski definition) is 8. The number of ether oxygens (including phenoxy) is 2. The largest absolute Gasteiger partial charge is 0.506 e. The van der Waals surface area contributed by atoms with Crippen LogP contribution < -0.4 is 31.3 Å². The van der Waals surface area contributed by atoms with E-state index in [4.69, 9.17) is 44.3 Å². The Morgan fingerprint density at radius 3 is 1.77 bits per heavy atom. The second-order valence-electron chi connectivity index (χ2n) is 31.7. The molecular weight excluding hydrogens is 1450 g/mol. The van der Waals surface area contributed by atoms with Gasteiger partial charge in [-0.3, -0.25) is 29.1 Å². The van der Waals surface area contributed by atoms with E-state index < -0.39 is 17.4 Å². The number of hydrogen-bond acceptors (Lipinski definition) is 11. The SMILES string of the molecule is CCCCCCCCCCCCCCCC(=O)Nc1cc(Cl)c2c(c1O)C(C)(C)CC(=O)N2.CCCCCCCCCCCCOCCCNC(=O)c1cc(Cl)c2c(NC(=O)CC(C)C)cccc2c1O.CCCCCCCCc1ccc(C)cc1OC(CCCCCC)C(=O)NCC(C)c1nc2c(Cl)c(C)[nH]n2n1. The Hall–Kier alpha value is -6.60. The van der Waals surface area contributed by atoms with Crippen molar-refractivity contribution in [3.05, 3.63) is 97.4 Å². The van der Waals surface area contributed by atoms with E-state index in [2.05, 4.69) is 94.6 Å². The molecule has 2 atom stereocenters. The Bertz CT molecular complexity index is 3720. The normalized spacial score (nSPS) is 12.9. The number of H-pyrrole nitrogens is 1. The quantitative estimate of drug-likeness (QED) is 0.0132. The summed E-state index contributed by atoms with van der Waals surface area (Å²) >= 11 is 19.2. The number of aromatic amines is 1. The van der Waals surface area contributed by atoms with Gasteiger partial charge in [-0.2, -0.15) is 4.63 Å². The number of anilines is 3. The first kappa shape index (κ1) is 94.0. The van der Waals surface area contributed by atoms with Gasteiger partial charge in [0.15, 0.2) is 17.6 Å². The molecule has 0 spiro atoms. The van der Waals surface area contributed by atoms with Gasteiger partial charge in [0.05, 0.1) is 38.4 Å². The number of aromatic hydroxyl groups is 2. The minimum Gasteiger partial charge on any atom is -0.506 e. The average Bonchev–Trinajstić information content (AvgIpc) is 1.01. The van der Waals surface area contributed by atoms with E-state index in [9.17, 15) is 34.2 Å². The number of benzene rings is 4. The van der Waals surface area contributed by atoms with Gasteiger partial charge in [0.25, 0.3) is 11.8 Å². The topological polar surface area (TPSA) is 250 Å². The van der Waals surface area contributed by atoms with Crippen LogP contribution in [-0.2, 0) is 35.8 Å². The van der Waals surface area contributed by atoms with E-state index in [-0.39, 0.29) is 58.9 Å². The number of carbonyl (C=O) groups excluding carboxylic acids is 5. The number of fused-ring (bicyclic) bond motifs is 3. The second kappa shape index (κ2) is 52.7. The summed E-state index contributed by atoms with van der Waals surface area (Å²) in [5.41, 5.74) is 5.15. The predicted molar refractivity (Wildman–Crippen MR) is 457 cm³/mol. The fraction of sp³-hybridized carbons (Fsp3) is 0.652. The molecule has 6 aromatic rings. The summed E-state index contributed by atoms with van der Waals surface area (Å²) in [6, 6.07) is 14.5. The molecule has 8 N–H and O–H groups in total. The zero-order valence-electron chi connectivity index (χ0n) is 69.0. The molecule has 2 aromatic heterocycles. The second-order valence-corrected chi connectivity index (χ2v) is 32.9. The number of amides is 5. The highest BCUT2D eigenvalue weighted by Gasteiger charge is 2.37. The molecule has 4 aromatic carbocycles. The first-order chi connectivity index (χ1) is 52.9. The highest BCUT2D eigenvalue weighted by Crippen LogP contribution is 2.49. The van der Waals surface area contributed by atoms with Crippen molar-refractivity contribution in [1.29, 1.82) is 0 Å². The lowest BCUT2D eigenvalue weighted by Gasteiger charge is -2.34. The number of halogens is 3. The molecule has 7 rings (SSSR count). The van der Waals surface area contributed by atoms with E-state index in [0.717, 1.165) is 81.4 Å². The van der Waals surface area contributed by atoms with Crippen molar-refractivity contribution in [3.63, 3.8) is 0 Å². The fourth-order valence-corrected chi connectivity index (χ4v) is 14.8. The van der Waals surface area contributed by atoms with Crippen molar-refractivity contribution in [3.8, 4) is 17.2 Å². The lowest BCUT2D eigenvalue weighted by molar-refractivity contribution is -0.128. The van der Waals surface area contributed by atoms with Gasteiger partial charge in [-0.15, -0.1) is 5.10 Å². The third-order valence-electron chi connectivity index (χ3n) is 20.5. The van der Waals surface area contributed by atoms with Crippen LogP contribution in [0.3, 0.4) is 0 Å². The van der Waals surface area contributed by atoms with Crippen molar-refractivity contribution in [2.45, 2.75) is 344 Å². The van der Waals surface area contributed by atoms with Crippen LogP contribution in [0.4, 0.5) is 17.1 Å². The molecule has 0 saturated heterocycles. The van der Waals surface area contributed by atoms with Gasteiger partial charge in [-0.1, -0.05) is 308 Å². The molecule has 0 aliphatic carbocycles. The molecule has 1 aliphatic heterocycles. The zero-order chi connectivity index (χ0) is 80.2. The van der Waals surface area contributed by atoms with E-state index in [0.29, 0.717) is 105 Å². The van der Waals surface area contributed by atoms with Gasteiger partial charge in [0, 0.05) is 73.2 Å². The standard InChI is InChI=1S/C31H48ClN5O2.C31H47ClN2O4.C27H43ClN2O3/c1-6-8-10-12-13-14-16-25-19-18-22(3)20-27(25)39-26(17-15-11-9-7-2)31(38)33-21-23(4)29-34-30-28(32)24(5)35-37(30)36-29;1-4-5-6-7-8-9-10-11-12-13-19-38-20-15-18-33-31(37)25-22-26(32)29-24(30(25)36)16-14-17-27(29)34-28(35)21-23(2)3;1-4-5-6-7-8-9-10-11-12-13-14-15-16-17-22(31)29-21-18-20(28)25-24(26(21)33)27(2,3)19-23(32)30-25/h18-20,23,26,35H,6-17,21H2,1-5H3,(H,33,38);14,16-17,22-23,36H,4-13,15,18-21H2,1-3H3,(H,33,37)(H,34,35);18,33H,4-17,19H2,1-3H3,(H,29,31)(H,30,32). The lowest BCUT2D eigenvalue weighted by atomic mass is 9.77. The van der Waals surface area contributed by atoms with Gasteiger partial charge in [0.1, 0.15) is 22.3 Å². The van der Waals surface area contributed by atoms with Gasteiger partial charge in [0.2, 0.25) is 17.7 Å². The Labute approximate surface area is 674 Å². The Morgan fingerprint density at radius 2 is 1.18 bits per heavy atom. The molecule has 0 bridgehead atoms. The predicted octanol–water partition coefficient (Wildman–Crippen LogP) is 24.2. The molecule has 0 saturated carbocycles. The monoisotopic (exact) mass is 1580 g/mol. The third-order valence-corrected chi connectivity index (χ3v) is 21.6. The highest BCUT2D eigenvalue weighted by molar-refractivity contribution is 6.38. The number of aryl methyl sites for hydroxylation is 3. The summed E-state index contributed by atoms with van der Waals surface area (Å²) in [7, 11) is 0. The number of aromatic nitrogens is 4. The number of unbranched alkanes of at least 4 members (excludes halogenated alkanes) is 29. The number of phenolic OH excluding ortho intramolecular Hbond substituents is 2. The third kappa shape index (κ3) is 33.6. The Morgan fingerprint density at radius 1 is 0.627 bits per heavy atom. The molecule has 3 heterocycles. The first-order valence-corrected chi connectivity index (χ1v) is 43.5. The van der Waals surface area contributed by atoms with Crippen LogP contribution in [0, 0.1) is 19.8 Å². The summed E-state index contributed by atoms with van der Waals surface area (Å²) in [4.78, 5) is 67.4. The van der Waals surface area contributed by atoms with Crippen LogP contribution in [0.1, 0.15) is 351 Å². The van der Waals surface area contributed by atoms with E-state index >= 15 is 0 Å². The molecule has 110 heavy (non-hydrogen) atoms. The minimum absolute atomic E-state index is 0.0156. The first-order valence-electron chi connectivity index (χ1n) is 42.3. The molecule has 0 radical (unpaired) electrons. The van der Waals surface area contributed by atoms with Crippen LogP contribution in [0.15, 0.2) is 48.5 Å². The average molecular weight is 1580 g/mol. The number of nitrogens with one attached hydrogen (secondary N) is 6. The smallest absolute Gasteiger partial charge is 0.261 e. The molecule has 21 heteroatoms. The highest BCUT2D eigenvalue weighted by atomic mass is 35.5. The van der Waals surface area contributed by atoms with Gasteiger partial charge in [-0.05, 0) is 100 Å². The van der Waals surface area contributed by atoms with Gasteiger partial charge < -0.3 is 46.3 Å². The maximum Gasteiger partial charge on any atom is 0.261 e. The molecule has 614 valence electrons. The molecule has 5 amide bonds. The minimum atomic E-state index is -0.568. The van der Waals surface area contributed by atoms with Gasteiger partial charge in [-0.25, -0.2) is 4.98 Å². The summed E-state index contributed by atoms with van der Waals surface area (Å²) in [5.74, 6) is 0.619. The van der Waals surface area contributed by atoms with Crippen LogP contribution in [0.25, 0.3) is 16.4 Å². The molecule has 0 fully saturated rings. The van der Waals surface area contributed by atoms with Crippen LogP contribution in [0.2, 0.25) is 15.1 Å². The lowest BCUT2D eigenvalue weighted by Crippen LogP contribution is -2.40. The van der Waals surface area contributed by atoms with Crippen molar-refractivity contribution < 1.29 is 43.7 Å². The van der Waals surface area contributed by atoms with E-state index in [1.807, 2.05) is 41.5 Å². The summed E-state index contributed by atoms with van der Waals surface area (Å²) in [6.07, 6.45) is 44.3. The molecule has 18 nitrogen and oxygen atoms in total. The maximum atomic E-state index is 13.4. The summed E-state index contributed by atoms with van der Waals surface area (Å²) in [6.45, 7) is 24.8. The van der Waals surface area contributed by atoms with Crippen LogP contribution >= 0.6 is 34.8 Å². The molecule has 1 aliphatic rings. The number of rotatable bonds is 52. The van der Waals surface area contributed by atoms with Crippen molar-refractivity contribution in [1.82, 2.24) is 30.4 Å². The Kier molecular flexibility index (Phi) is 45.0. The summed E-state index contributed by atoms with van der Waals surface area (Å²) in [5, 5.41) is 45.7.